The van der Waals surface area contributed by atoms with Crippen molar-refractivity contribution in [3.8, 4) is 5.88 Å². The van der Waals surface area contributed by atoms with Crippen molar-refractivity contribution >= 4 is 44.0 Å². The molecule has 0 bridgehead atoms. The van der Waals surface area contributed by atoms with Crippen LogP contribution in [0.3, 0.4) is 0 Å². The minimum absolute atomic E-state index is 0.175. The van der Waals surface area contributed by atoms with Gasteiger partial charge < -0.3 is 15.0 Å². The maximum atomic E-state index is 6.38. The van der Waals surface area contributed by atoms with E-state index >= 15 is 0 Å². The molecule has 3 aromatic rings. The van der Waals surface area contributed by atoms with Gasteiger partial charge in [-0.05, 0) is 75.9 Å². The van der Waals surface area contributed by atoms with E-state index in [0.717, 1.165) is 53.1 Å². The standard InChI is InChI=1S/C19H27N5OS2/c1-5-7-14(8-6-10-24(3)4)25-18-17-15(9-11-26-17)20-19(22-18)21-16-12-13(2)23-27-16/h9,11-12,14H,5-8,10H2,1-4H3,(H,20,21,22)/t14-/m0/s1. The zero-order chi connectivity index (χ0) is 19.2. The molecule has 0 aliphatic heterocycles. The van der Waals surface area contributed by atoms with Crippen LogP contribution in [-0.4, -0.2) is 46.0 Å². The molecule has 8 heteroatoms. The second-order valence-electron chi connectivity index (χ2n) is 6.92. The lowest BCUT2D eigenvalue weighted by Gasteiger charge is -2.19. The van der Waals surface area contributed by atoms with E-state index in [1.165, 1.54) is 11.5 Å². The van der Waals surface area contributed by atoms with Gasteiger partial charge in [-0.15, -0.1) is 11.3 Å². The fourth-order valence-electron chi connectivity index (χ4n) is 2.88. The highest BCUT2D eigenvalue weighted by atomic mass is 32.1. The molecule has 6 nitrogen and oxygen atoms in total. The van der Waals surface area contributed by atoms with E-state index in [4.69, 9.17) is 4.74 Å². The molecule has 1 atom stereocenters. The highest BCUT2D eigenvalue weighted by molar-refractivity contribution is 7.17. The Bertz CT molecular complexity index is 861. The van der Waals surface area contributed by atoms with E-state index < -0.39 is 0 Å². The van der Waals surface area contributed by atoms with Gasteiger partial charge in [-0.25, -0.2) is 4.98 Å². The number of nitrogens with zero attached hydrogens (tertiary/aromatic N) is 4. The Morgan fingerprint density at radius 1 is 1.26 bits per heavy atom. The summed E-state index contributed by atoms with van der Waals surface area (Å²) in [6, 6.07) is 4.01. The number of ether oxygens (including phenoxy) is 1. The molecule has 0 saturated carbocycles. The highest BCUT2D eigenvalue weighted by Gasteiger charge is 2.16. The van der Waals surface area contributed by atoms with Crippen LogP contribution in [0.1, 0.15) is 38.3 Å². The number of fused-ring (bicyclic) bond motifs is 1. The van der Waals surface area contributed by atoms with Gasteiger partial charge in [0.2, 0.25) is 11.8 Å². The Balaban J connectivity index is 1.79. The number of hydrogen-bond donors (Lipinski definition) is 1. The van der Waals surface area contributed by atoms with Crippen LogP contribution in [0.15, 0.2) is 17.5 Å². The lowest BCUT2D eigenvalue weighted by atomic mass is 10.1. The monoisotopic (exact) mass is 405 g/mol. The van der Waals surface area contributed by atoms with Crippen molar-refractivity contribution in [1.29, 1.82) is 0 Å². The smallest absolute Gasteiger partial charge is 0.236 e. The zero-order valence-corrected chi connectivity index (χ0v) is 18.0. The predicted octanol–water partition coefficient (Wildman–Crippen LogP) is 5.09. The van der Waals surface area contributed by atoms with Crippen molar-refractivity contribution < 1.29 is 4.74 Å². The first-order valence-corrected chi connectivity index (χ1v) is 11.0. The van der Waals surface area contributed by atoms with Crippen LogP contribution in [0.5, 0.6) is 5.88 Å². The minimum Gasteiger partial charge on any atom is -0.473 e. The van der Waals surface area contributed by atoms with Crippen LogP contribution in [0, 0.1) is 6.92 Å². The fourth-order valence-corrected chi connectivity index (χ4v) is 4.30. The third kappa shape index (κ3) is 5.60. The lowest BCUT2D eigenvalue weighted by molar-refractivity contribution is 0.168. The van der Waals surface area contributed by atoms with Crippen LogP contribution in [0.2, 0.25) is 0 Å². The second-order valence-corrected chi connectivity index (χ2v) is 8.64. The van der Waals surface area contributed by atoms with E-state index in [-0.39, 0.29) is 6.10 Å². The van der Waals surface area contributed by atoms with Crippen LogP contribution in [0.4, 0.5) is 10.9 Å². The zero-order valence-electron chi connectivity index (χ0n) is 16.4. The number of thiophene rings is 1. The van der Waals surface area contributed by atoms with Crippen molar-refractivity contribution in [3.63, 3.8) is 0 Å². The average Bonchev–Trinajstić information content (AvgIpc) is 3.23. The summed E-state index contributed by atoms with van der Waals surface area (Å²) in [5, 5.41) is 6.23. The van der Waals surface area contributed by atoms with E-state index in [2.05, 4.69) is 45.6 Å². The summed E-state index contributed by atoms with van der Waals surface area (Å²) in [5.41, 5.74) is 1.90. The minimum atomic E-state index is 0.175. The summed E-state index contributed by atoms with van der Waals surface area (Å²) in [7, 11) is 4.21. The summed E-state index contributed by atoms with van der Waals surface area (Å²) in [6.45, 7) is 5.24. The van der Waals surface area contributed by atoms with Crippen molar-refractivity contribution in [1.82, 2.24) is 19.2 Å². The largest absolute Gasteiger partial charge is 0.473 e. The number of aryl methyl sites for hydroxylation is 1. The first-order valence-electron chi connectivity index (χ1n) is 9.32. The van der Waals surface area contributed by atoms with E-state index in [9.17, 15) is 0 Å². The van der Waals surface area contributed by atoms with Gasteiger partial charge in [-0.2, -0.15) is 9.36 Å². The molecule has 0 spiro atoms. The summed E-state index contributed by atoms with van der Waals surface area (Å²) >= 11 is 3.04. The molecule has 146 valence electrons. The summed E-state index contributed by atoms with van der Waals surface area (Å²) in [6.07, 6.45) is 4.44. The third-order valence-corrected chi connectivity index (χ3v) is 5.84. The van der Waals surface area contributed by atoms with Gasteiger partial charge in [-0.1, -0.05) is 13.3 Å². The van der Waals surface area contributed by atoms with Gasteiger partial charge >= 0.3 is 0 Å². The Hall–Kier alpha value is -1.77. The molecule has 0 fully saturated rings. The van der Waals surface area contributed by atoms with E-state index in [0.29, 0.717) is 11.8 Å². The van der Waals surface area contributed by atoms with Gasteiger partial charge in [0, 0.05) is 0 Å². The Labute approximate surface area is 168 Å². The molecular formula is C19H27N5OS2. The van der Waals surface area contributed by atoms with Gasteiger partial charge in [0.1, 0.15) is 15.8 Å². The topological polar surface area (TPSA) is 63.2 Å². The second kappa shape index (κ2) is 9.43. The van der Waals surface area contributed by atoms with E-state index in [1.807, 2.05) is 24.4 Å². The quantitative estimate of drug-likeness (QED) is 0.507. The van der Waals surface area contributed by atoms with Gasteiger partial charge in [-0.3, -0.25) is 0 Å². The maximum absolute atomic E-state index is 6.38. The molecule has 0 aromatic carbocycles. The number of hydrogen-bond acceptors (Lipinski definition) is 8. The lowest BCUT2D eigenvalue weighted by Crippen LogP contribution is -2.20. The van der Waals surface area contributed by atoms with Crippen molar-refractivity contribution in [3.05, 3.63) is 23.2 Å². The van der Waals surface area contributed by atoms with Crippen LogP contribution < -0.4 is 10.1 Å². The Kier molecular flexibility index (Phi) is 6.98. The number of aromatic nitrogens is 3. The predicted molar refractivity (Wildman–Crippen MR) is 115 cm³/mol. The molecule has 0 aliphatic carbocycles. The molecule has 0 amide bonds. The molecule has 27 heavy (non-hydrogen) atoms. The summed E-state index contributed by atoms with van der Waals surface area (Å²) in [4.78, 5) is 11.5. The SMILES string of the molecule is CCC[C@@H](CCCN(C)C)Oc1nc(Nc2cc(C)ns2)nc2ccsc12. The van der Waals surface area contributed by atoms with Crippen LogP contribution in [0.25, 0.3) is 10.2 Å². The number of anilines is 2. The first kappa shape index (κ1) is 20.0. The Morgan fingerprint density at radius 3 is 2.81 bits per heavy atom. The average molecular weight is 406 g/mol. The highest BCUT2D eigenvalue weighted by Crippen LogP contribution is 2.32. The van der Waals surface area contributed by atoms with Crippen LogP contribution in [-0.2, 0) is 0 Å². The summed E-state index contributed by atoms with van der Waals surface area (Å²) in [5.74, 6) is 1.24. The van der Waals surface area contributed by atoms with Crippen molar-refractivity contribution in [2.75, 3.05) is 26.0 Å². The van der Waals surface area contributed by atoms with Crippen molar-refractivity contribution in [2.24, 2.45) is 0 Å². The molecule has 0 unspecified atom stereocenters. The van der Waals surface area contributed by atoms with Gasteiger partial charge in [0.05, 0.1) is 11.2 Å². The normalized spacial score (nSPS) is 12.6. The molecule has 1 N–H and O–H groups in total. The van der Waals surface area contributed by atoms with Crippen molar-refractivity contribution in [2.45, 2.75) is 45.6 Å². The Morgan fingerprint density at radius 2 is 2.11 bits per heavy atom. The molecule has 0 radical (unpaired) electrons. The van der Waals surface area contributed by atoms with Crippen LogP contribution >= 0.6 is 22.9 Å². The van der Waals surface area contributed by atoms with E-state index in [1.54, 1.807) is 11.3 Å². The molecule has 3 heterocycles. The molecule has 3 rings (SSSR count). The molecule has 0 saturated heterocycles. The number of rotatable bonds is 10. The first-order chi connectivity index (χ1) is 13.0. The van der Waals surface area contributed by atoms with Gasteiger partial charge in [0.15, 0.2) is 0 Å². The summed E-state index contributed by atoms with van der Waals surface area (Å²) < 4.78 is 11.7. The molecule has 3 aromatic heterocycles. The fraction of sp³-hybridized carbons (Fsp3) is 0.526. The maximum Gasteiger partial charge on any atom is 0.236 e. The third-order valence-electron chi connectivity index (χ3n) is 4.16. The van der Waals surface area contributed by atoms with Gasteiger partial charge in [0.25, 0.3) is 0 Å². The molecule has 0 aliphatic rings. The number of nitrogens with one attached hydrogen (secondary N) is 1. The molecular weight excluding hydrogens is 378 g/mol.